The molecule has 1 fully saturated rings. The summed E-state index contributed by atoms with van der Waals surface area (Å²) in [4.78, 5) is 9.13. The zero-order valence-corrected chi connectivity index (χ0v) is 10.2. The standard InChI is InChI=1S/C13H20N2O/c1-3-5-11-8-10(2)14-12(15-11)13(9-16)6-4-7-13/h8,16H,3-7,9H2,1-2H3. The van der Waals surface area contributed by atoms with E-state index in [0.717, 1.165) is 42.9 Å². The normalized spacial score (nSPS) is 18.2. The summed E-state index contributed by atoms with van der Waals surface area (Å²) < 4.78 is 0. The molecule has 1 aromatic heterocycles. The van der Waals surface area contributed by atoms with Crippen LogP contribution in [0.5, 0.6) is 0 Å². The summed E-state index contributed by atoms with van der Waals surface area (Å²) in [6.07, 6.45) is 5.33. The molecule has 0 unspecified atom stereocenters. The van der Waals surface area contributed by atoms with Crippen LogP contribution in [0.15, 0.2) is 6.07 Å². The maximum atomic E-state index is 9.52. The van der Waals surface area contributed by atoms with Crippen LogP contribution in [0.1, 0.15) is 49.8 Å². The first kappa shape index (κ1) is 11.5. The Balaban J connectivity index is 2.32. The molecule has 16 heavy (non-hydrogen) atoms. The van der Waals surface area contributed by atoms with E-state index in [9.17, 15) is 5.11 Å². The van der Waals surface area contributed by atoms with Gasteiger partial charge in [0.15, 0.2) is 0 Å². The third-order valence-electron chi connectivity index (χ3n) is 3.50. The third-order valence-corrected chi connectivity index (χ3v) is 3.50. The Kier molecular flexibility index (Phi) is 3.24. The van der Waals surface area contributed by atoms with Gasteiger partial charge in [-0.2, -0.15) is 0 Å². The summed E-state index contributed by atoms with van der Waals surface area (Å²) in [6, 6.07) is 2.05. The van der Waals surface area contributed by atoms with Crippen LogP contribution in [-0.2, 0) is 11.8 Å². The van der Waals surface area contributed by atoms with Crippen molar-refractivity contribution in [2.24, 2.45) is 0 Å². The number of aliphatic hydroxyl groups excluding tert-OH is 1. The number of aliphatic hydroxyl groups is 1. The lowest BCUT2D eigenvalue weighted by atomic mass is 9.68. The van der Waals surface area contributed by atoms with Crippen LogP contribution in [0.25, 0.3) is 0 Å². The molecule has 1 aliphatic rings. The van der Waals surface area contributed by atoms with Crippen molar-refractivity contribution >= 4 is 0 Å². The first-order chi connectivity index (χ1) is 7.70. The second-order valence-electron chi connectivity index (χ2n) is 4.87. The molecule has 2 rings (SSSR count). The van der Waals surface area contributed by atoms with Crippen LogP contribution in [0.2, 0.25) is 0 Å². The Bertz CT molecular complexity index is 367. The van der Waals surface area contributed by atoms with E-state index in [0.29, 0.717) is 0 Å². The topological polar surface area (TPSA) is 46.0 Å². The van der Waals surface area contributed by atoms with Crippen molar-refractivity contribution in [2.75, 3.05) is 6.61 Å². The fourth-order valence-corrected chi connectivity index (χ4v) is 2.31. The van der Waals surface area contributed by atoms with Crippen LogP contribution in [0.4, 0.5) is 0 Å². The molecule has 0 radical (unpaired) electrons. The summed E-state index contributed by atoms with van der Waals surface area (Å²) in [5.41, 5.74) is 2.01. The maximum absolute atomic E-state index is 9.52. The summed E-state index contributed by atoms with van der Waals surface area (Å²) in [7, 11) is 0. The molecule has 0 aliphatic heterocycles. The molecule has 0 saturated heterocycles. The second-order valence-corrected chi connectivity index (χ2v) is 4.87. The Morgan fingerprint density at radius 1 is 1.38 bits per heavy atom. The first-order valence-corrected chi connectivity index (χ1v) is 6.16. The molecule has 0 aromatic carbocycles. The van der Waals surface area contributed by atoms with Gasteiger partial charge in [0.05, 0.1) is 12.0 Å². The van der Waals surface area contributed by atoms with Gasteiger partial charge in [-0.25, -0.2) is 9.97 Å². The quantitative estimate of drug-likeness (QED) is 0.845. The van der Waals surface area contributed by atoms with E-state index in [-0.39, 0.29) is 12.0 Å². The van der Waals surface area contributed by atoms with Gasteiger partial charge in [-0.3, -0.25) is 0 Å². The summed E-state index contributed by atoms with van der Waals surface area (Å²) in [5.74, 6) is 0.865. The zero-order chi connectivity index (χ0) is 11.6. The largest absolute Gasteiger partial charge is 0.395 e. The molecule has 1 saturated carbocycles. The van der Waals surface area contributed by atoms with Crippen LogP contribution in [0.3, 0.4) is 0 Å². The van der Waals surface area contributed by atoms with Gasteiger partial charge < -0.3 is 5.11 Å². The third kappa shape index (κ3) is 1.96. The Hall–Kier alpha value is -0.960. The van der Waals surface area contributed by atoms with Gasteiger partial charge in [-0.05, 0) is 32.3 Å². The molecular formula is C13H20N2O. The van der Waals surface area contributed by atoms with E-state index < -0.39 is 0 Å². The minimum Gasteiger partial charge on any atom is -0.395 e. The van der Waals surface area contributed by atoms with Crippen molar-refractivity contribution in [3.8, 4) is 0 Å². The second kappa shape index (κ2) is 4.50. The highest BCUT2D eigenvalue weighted by molar-refractivity contribution is 5.19. The Morgan fingerprint density at radius 3 is 2.62 bits per heavy atom. The molecule has 88 valence electrons. The number of hydrogen-bond donors (Lipinski definition) is 1. The average molecular weight is 220 g/mol. The molecule has 0 atom stereocenters. The number of rotatable bonds is 4. The van der Waals surface area contributed by atoms with Gasteiger partial charge in [0, 0.05) is 11.4 Å². The molecule has 0 spiro atoms. The van der Waals surface area contributed by atoms with Gasteiger partial charge in [0.2, 0.25) is 0 Å². The van der Waals surface area contributed by atoms with Gasteiger partial charge in [-0.15, -0.1) is 0 Å². The predicted molar refractivity (Wildman–Crippen MR) is 63.4 cm³/mol. The first-order valence-electron chi connectivity index (χ1n) is 6.16. The van der Waals surface area contributed by atoms with Gasteiger partial charge in [-0.1, -0.05) is 19.8 Å². The van der Waals surface area contributed by atoms with Crippen molar-refractivity contribution in [3.05, 3.63) is 23.3 Å². The van der Waals surface area contributed by atoms with Crippen LogP contribution < -0.4 is 0 Å². The van der Waals surface area contributed by atoms with E-state index in [1.807, 2.05) is 6.92 Å². The monoisotopic (exact) mass is 220 g/mol. The molecule has 3 nitrogen and oxygen atoms in total. The van der Waals surface area contributed by atoms with E-state index in [1.54, 1.807) is 0 Å². The Labute approximate surface area is 96.9 Å². The molecule has 0 amide bonds. The van der Waals surface area contributed by atoms with E-state index >= 15 is 0 Å². The highest BCUT2D eigenvalue weighted by Crippen LogP contribution is 2.41. The number of aryl methyl sites for hydroxylation is 2. The molecular weight excluding hydrogens is 200 g/mol. The van der Waals surface area contributed by atoms with Gasteiger partial charge in [0.25, 0.3) is 0 Å². The molecule has 1 heterocycles. The molecule has 1 N–H and O–H groups in total. The highest BCUT2D eigenvalue weighted by atomic mass is 16.3. The SMILES string of the molecule is CCCc1cc(C)nc(C2(CO)CCC2)n1. The lowest BCUT2D eigenvalue weighted by molar-refractivity contribution is 0.111. The molecule has 1 aliphatic carbocycles. The summed E-state index contributed by atoms with van der Waals surface area (Å²) in [5, 5.41) is 9.52. The van der Waals surface area contributed by atoms with E-state index in [2.05, 4.69) is 23.0 Å². The minimum absolute atomic E-state index is 0.130. The van der Waals surface area contributed by atoms with Crippen molar-refractivity contribution < 1.29 is 5.11 Å². The Morgan fingerprint density at radius 2 is 2.12 bits per heavy atom. The van der Waals surface area contributed by atoms with Crippen molar-refractivity contribution in [1.82, 2.24) is 9.97 Å². The van der Waals surface area contributed by atoms with Crippen LogP contribution >= 0.6 is 0 Å². The maximum Gasteiger partial charge on any atom is 0.137 e. The summed E-state index contributed by atoms with van der Waals surface area (Å²) >= 11 is 0. The van der Waals surface area contributed by atoms with Gasteiger partial charge >= 0.3 is 0 Å². The minimum atomic E-state index is -0.130. The van der Waals surface area contributed by atoms with Crippen molar-refractivity contribution in [3.63, 3.8) is 0 Å². The molecule has 1 aromatic rings. The van der Waals surface area contributed by atoms with Crippen LogP contribution in [0, 0.1) is 6.92 Å². The predicted octanol–water partition coefficient (Wildman–Crippen LogP) is 2.15. The lowest BCUT2D eigenvalue weighted by Crippen LogP contribution is -2.40. The summed E-state index contributed by atoms with van der Waals surface area (Å²) in [6.45, 7) is 4.35. The fraction of sp³-hybridized carbons (Fsp3) is 0.692. The number of hydrogen-bond acceptors (Lipinski definition) is 3. The van der Waals surface area contributed by atoms with E-state index in [1.165, 1.54) is 6.42 Å². The zero-order valence-electron chi connectivity index (χ0n) is 10.2. The molecule has 3 heteroatoms. The lowest BCUT2D eigenvalue weighted by Gasteiger charge is -2.38. The number of aromatic nitrogens is 2. The van der Waals surface area contributed by atoms with Crippen LogP contribution in [-0.4, -0.2) is 21.7 Å². The molecule has 0 bridgehead atoms. The smallest absolute Gasteiger partial charge is 0.137 e. The highest BCUT2D eigenvalue weighted by Gasteiger charge is 2.41. The fourth-order valence-electron chi connectivity index (χ4n) is 2.31. The van der Waals surface area contributed by atoms with Crippen molar-refractivity contribution in [2.45, 2.75) is 51.4 Å². The number of nitrogens with zero attached hydrogens (tertiary/aromatic N) is 2. The van der Waals surface area contributed by atoms with Gasteiger partial charge in [0.1, 0.15) is 5.82 Å². The average Bonchev–Trinajstić information content (AvgIpc) is 2.16. The van der Waals surface area contributed by atoms with E-state index in [4.69, 9.17) is 0 Å². The van der Waals surface area contributed by atoms with Crippen molar-refractivity contribution in [1.29, 1.82) is 0 Å².